The van der Waals surface area contributed by atoms with E-state index in [9.17, 15) is 14.7 Å². The van der Waals surface area contributed by atoms with Gasteiger partial charge >= 0.3 is 5.97 Å². The molecule has 5 heteroatoms. The lowest BCUT2D eigenvalue weighted by atomic mass is 9.81. The maximum absolute atomic E-state index is 12.3. The number of carbonyl (C=O) groups excluding carboxylic acids is 1. The summed E-state index contributed by atoms with van der Waals surface area (Å²) >= 11 is 0. The fourth-order valence-corrected chi connectivity index (χ4v) is 3.00. The molecule has 1 fully saturated rings. The van der Waals surface area contributed by atoms with Crippen LogP contribution in [-0.2, 0) is 9.59 Å². The van der Waals surface area contributed by atoms with Crippen molar-refractivity contribution in [3.8, 4) is 0 Å². The van der Waals surface area contributed by atoms with E-state index in [1.807, 2.05) is 37.3 Å². The molecule has 0 aliphatic carbocycles. The first-order valence-corrected chi connectivity index (χ1v) is 7.25. The number of benzene rings is 1. The first kappa shape index (κ1) is 16.2. The van der Waals surface area contributed by atoms with Gasteiger partial charge in [-0.1, -0.05) is 42.5 Å². The maximum atomic E-state index is 12.3. The normalized spacial score (nSPS) is 22.6. The van der Waals surface area contributed by atoms with Crippen molar-refractivity contribution in [2.24, 2.45) is 5.41 Å². The highest BCUT2D eigenvalue weighted by Gasteiger charge is 2.50. The van der Waals surface area contributed by atoms with Crippen molar-refractivity contribution in [3.05, 3.63) is 48.0 Å². The van der Waals surface area contributed by atoms with Gasteiger partial charge in [-0.2, -0.15) is 0 Å². The standard InChI is InChI=1S/C17H21NO4/c1-12(10-19)8-17(16(21)22)9-15(20)18(11-17)13(2)14-6-4-3-5-7-14/h3-7,13,19H,1,8-11H2,2H3,(H,21,22)/t13-,17+/m1/s1. The number of likely N-dealkylation sites (tertiary alicyclic amines) is 1. The summed E-state index contributed by atoms with van der Waals surface area (Å²) in [4.78, 5) is 25.7. The van der Waals surface area contributed by atoms with Crippen LogP contribution in [0.3, 0.4) is 0 Å². The summed E-state index contributed by atoms with van der Waals surface area (Å²) in [5, 5.41) is 18.7. The molecule has 1 aliphatic rings. The van der Waals surface area contributed by atoms with Crippen LogP contribution in [0.2, 0.25) is 0 Å². The Morgan fingerprint density at radius 3 is 2.59 bits per heavy atom. The number of aliphatic hydroxyl groups is 1. The highest BCUT2D eigenvalue weighted by molar-refractivity contribution is 5.89. The summed E-state index contributed by atoms with van der Waals surface area (Å²) in [5.41, 5.74) is 0.211. The summed E-state index contributed by atoms with van der Waals surface area (Å²) < 4.78 is 0. The van der Waals surface area contributed by atoms with Crippen molar-refractivity contribution in [2.75, 3.05) is 13.2 Å². The number of rotatable bonds is 6. The maximum Gasteiger partial charge on any atom is 0.312 e. The van der Waals surface area contributed by atoms with E-state index in [1.165, 1.54) is 0 Å². The Balaban J connectivity index is 2.24. The number of hydrogen-bond donors (Lipinski definition) is 2. The average Bonchev–Trinajstić information content (AvgIpc) is 2.85. The summed E-state index contributed by atoms with van der Waals surface area (Å²) in [6.07, 6.45) is 0.0567. The molecule has 5 nitrogen and oxygen atoms in total. The Hall–Kier alpha value is -2.14. The van der Waals surface area contributed by atoms with E-state index in [-0.39, 0.29) is 37.9 Å². The number of carboxylic acid groups (broad SMARTS) is 1. The topological polar surface area (TPSA) is 77.8 Å². The zero-order chi connectivity index (χ0) is 16.3. The van der Waals surface area contributed by atoms with Crippen LogP contribution in [0.4, 0.5) is 0 Å². The minimum atomic E-state index is -1.19. The monoisotopic (exact) mass is 303 g/mol. The molecule has 2 rings (SSSR count). The van der Waals surface area contributed by atoms with E-state index >= 15 is 0 Å². The molecule has 1 saturated heterocycles. The molecule has 1 amide bonds. The summed E-state index contributed by atoms with van der Waals surface area (Å²) in [6, 6.07) is 9.35. The van der Waals surface area contributed by atoms with Gasteiger partial charge in [0, 0.05) is 13.0 Å². The van der Waals surface area contributed by atoms with Crippen LogP contribution in [0.15, 0.2) is 42.5 Å². The van der Waals surface area contributed by atoms with Crippen LogP contribution in [-0.4, -0.2) is 40.1 Å². The highest BCUT2D eigenvalue weighted by atomic mass is 16.4. The van der Waals surface area contributed by atoms with Gasteiger partial charge < -0.3 is 15.1 Å². The number of aliphatic hydroxyl groups excluding tert-OH is 1. The molecule has 22 heavy (non-hydrogen) atoms. The Kier molecular flexibility index (Phi) is 4.66. The second-order valence-corrected chi connectivity index (χ2v) is 5.96. The average molecular weight is 303 g/mol. The van der Waals surface area contributed by atoms with Crippen LogP contribution in [0.5, 0.6) is 0 Å². The van der Waals surface area contributed by atoms with Crippen molar-refractivity contribution in [1.29, 1.82) is 0 Å². The minimum absolute atomic E-state index is 0.0570. The molecular formula is C17H21NO4. The molecule has 0 aromatic heterocycles. The predicted molar refractivity (Wildman–Crippen MR) is 82.1 cm³/mol. The summed E-state index contributed by atoms with van der Waals surface area (Å²) in [6.45, 7) is 5.44. The van der Waals surface area contributed by atoms with Crippen LogP contribution in [0.1, 0.15) is 31.4 Å². The lowest BCUT2D eigenvalue weighted by molar-refractivity contribution is -0.148. The van der Waals surface area contributed by atoms with E-state index in [0.717, 1.165) is 5.56 Å². The molecule has 0 saturated carbocycles. The Morgan fingerprint density at radius 2 is 2.05 bits per heavy atom. The highest BCUT2D eigenvalue weighted by Crippen LogP contribution is 2.40. The quantitative estimate of drug-likeness (QED) is 0.788. The summed E-state index contributed by atoms with van der Waals surface area (Å²) in [7, 11) is 0. The van der Waals surface area contributed by atoms with Crippen molar-refractivity contribution in [3.63, 3.8) is 0 Å². The molecule has 118 valence electrons. The number of carboxylic acids is 1. The van der Waals surface area contributed by atoms with E-state index in [0.29, 0.717) is 5.57 Å². The van der Waals surface area contributed by atoms with Crippen molar-refractivity contribution < 1.29 is 19.8 Å². The van der Waals surface area contributed by atoms with Crippen molar-refractivity contribution in [1.82, 2.24) is 4.90 Å². The molecular weight excluding hydrogens is 282 g/mol. The zero-order valence-corrected chi connectivity index (χ0v) is 12.7. The number of hydrogen-bond acceptors (Lipinski definition) is 3. The molecule has 1 heterocycles. The Bertz CT molecular complexity index is 584. The SMILES string of the molecule is C=C(CO)C[C@]1(C(=O)O)CC(=O)N([C@H](C)c2ccccc2)C1. The molecule has 0 radical (unpaired) electrons. The van der Waals surface area contributed by atoms with Gasteiger partial charge in [-0.05, 0) is 18.9 Å². The third-order valence-electron chi connectivity index (χ3n) is 4.30. The van der Waals surface area contributed by atoms with Gasteiger partial charge in [0.05, 0.1) is 18.1 Å². The molecule has 0 bridgehead atoms. The molecule has 1 aliphatic heterocycles. The molecule has 1 aromatic carbocycles. The van der Waals surface area contributed by atoms with Crippen LogP contribution in [0, 0.1) is 5.41 Å². The number of aliphatic carboxylic acids is 1. The van der Waals surface area contributed by atoms with Gasteiger partial charge in [0.2, 0.25) is 5.91 Å². The predicted octanol–water partition coefficient (Wildman–Crippen LogP) is 1.99. The Labute approximate surface area is 129 Å². The summed E-state index contributed by atoms with van der Waals surface area (Å²) in [5.74, 6) is -1.19. The Morgan fingerprint density at radius 1 is 1.41 bits per heavy atom. The van der Waals surface area contributed by atoms with E-state index in [4.69, 9.17) is 5.11 Å². The lowest BCUT2D eigenvalue weighted by Gasteiger charge is -2.28. The third kappa shape index (κ3) is 3.04. The number of nitrogens with zero attached hydrogens (tertiary/aromatic N) is 1. The molecule has 0 spiro atoms. The third-order valence-corrected chi connectivity index (χ3v) is 4.30. The molecule has 2 N–H and O–H groups in total. The lowest BCUT2D eigenvalue weighted by Crippen LogP contribution is -2.36. The van der Waals surface area contributed by atoms with Crippen molar-refractivity contribution >= 4 is 11.9 Å². The van der Waals surface area contributed by atoms with Crippen LogP contribution in [0.25, 0.3) is 0 Å². The van der Waals surface area contributed by atoms with Gasteiger partial charge in [0.25, 0.3) is 0 Å². The van der Waals surface area contributed by atoms with E-state index in [1.54, 1.807) is 4.90 Å². The van der Waals surface area contributed by atoms with E-state index in [2.05, 4.69) is 6.58 Å². The smallest absolute Gasteiger partial charge is 0.312 e. The molecule has 2 atom stereocenters. The van der Waals surface area contributed by atoms with Crippen LogP contribution < -0.4 is 0 Å². The van der Waals surface area contributed by atoms with Gasteiger partial charge in [-0.25, -0.2) is 0 Å². The first-order chi connectivity index (χ1) is 10.4. The fraction of sp³-hybridized carbons (Fsp3) is 0.412. The first-order valence-electron chi connectivity index (χ1n) is 7.25. The fourth-order valence-electron chi connectivity index (χ4n) is 3.00. The number of carbonyl (C=O) groups is 2. The van der Waals surface area contributed by atoms with Crippen LogP contribution >= 0.6 is 0 Å². The van der Waals surface area contributed by atoms with Gasteiger partial charge in [-0.3, -0.25) is 9.59 Å². The minimum Gasteiger partial charge on any atom is -0.481 e. The number of amides is 1. The largest absolute Gasteiger partial charge is 0.481 e. The molecule has 1 aromatic rings. The molecule has 0 unspecified atom stereocenters. The second-order valence-electron chi connectivity index (χ2n) is 5.96. The van der Waals surface area contributed by atoms with Gasteiger partial charge in [-0.15, -0.1) is 0 Å². The second kappa shape index (κ2) is 6.32. The van der Waals surface area contributed by atoms with E-state index < -0.39 is 11.4 Å². The van der Waals surface area contributed by atoms with Gasteiger partial charge in [0.1, 0.15) is 0 Å². The van der Waals surface area contributed by atoms with Crippen molar-refractivity contribution in [2.45, 2.75) is 25.8 Å². The zero-order valence-electron chi connectivity index (χ0n) is 12.7. The van der Waals surface area contributed by atoms with Gasteiger partial charge in [0.15, 0.2) is 0 Å².